The molecule has 0 aliphatic heterocycles. The molecule has 1 heterocycles. The van der Waals surface area contributed by atoms with E-state index in [1.54, 1.807) is 48.5 Å². The van der Waals surface area contributed by atoms with Crippen molar-refractivity contribution >= 4 is 5.69 Å². The van der Waals surface area contributed by atoms with Gasteiger partial charge in [0, 0.05) is 5.56 Å². The van der Waals surface area contributed by atoms with Gasteiger partial charge in [0.15, 0.2) is 5.88 Å². The van der Waals surface area contributed by atoms with Gasteiger partial charge in [0.2, 0.25) is 0 Å². The third-order valence-corrected chi connectivity index (χ3v) is 3.79. The lowest BCUT2D eigenvalue weighted by atomic mass is 9.93. The van der Waals surface area contributed by atoms with Crippen molar-refractivity contribution in [3.8, 4) is 40.3 Å². The number of nitrogen functional groups attached to an aromatic ring is 1. The zero-order chi connectivity index (χ0) is 18.0. The Hall–Kier alpha value is -4.03. The minimum absolute atomic E-state index is 0.0785. The molecule has 0 bridgehead atoms. The molecule has 1 aromatic heterocycles. The molecule has 0 saturated carbocycles. The molecule has 120 valence electrons. The molecule has 3 aromatic rings. The summed E-state index contributed by atoms with van der Waals surface area (Å²) in [5.41, 5.74) is 7.73. The zero-order valence-corrected chi connectivity index (χ0v) is 12.9. The summed E-state index contributed by atoms with van der Waals surface area (Å²) in [6.07, 6.45) is 0. The SMILES string of the molecule is N#Cc1cccc(-c2c(O)[nH]c(=O)c(N)c2-c2cccc(C#N)c2)c1. The molecule has 0 aliphatic carbocycles. The average molecular weight is 328 g/mol. The number of aromatic nitrogens is 1. The summed E-state index contributed by atoms with van der Waals surface area (Å²) in [6.45, 7) is 0. The van der Waals surface area contributed by atoms with Crippen molar-refractivity contribution in [2.45, 2.75) is 0 Å². The average Bonchev–Trinajstić information content (AvgIpc) is 2.64. The highest BCUT2D eigenvalue weighted by atomic mass is 16.3. The van der Waals surface area contributed by atoms with Crippen LogP contribution in [0.25, 0.3) is 22.3 Å². The van der Waals surface area contributed by atoms with Crippen LogP contribution in [0.5, 0.6) is 5.88 Å². The number of pyridine rings is 1. The molecule has 3 rings (SSSR count). The molecule has 0 spiro atoms. The van der Waals surface area contributed by atoms with Gasteiger partial charge in [-0.3, -0.25) is 9.78 Å². The summed E-state index contributed by atoms with van der Waals surface area (Å²) in [7, 11) is 0. The number of aromatic hydroxyl groups is 1. The Bertz CT molecular complexity index is 1120. The highest BCUT2D eigenvalue weighted by molar-refractivity contribution is 5.93. The van der Waals surface area contributed by atoms with E-state index in [0.717, 1.165) is 0 Å². The third-order valence-electron chi connectivity index (χ3n) is 3.79. The van der Waals surface area contributed by atoms with Gasteiger partial charge in [0.25, 0.3) is 5.56 Å². The van der Waals surface area contributed by atoms with E-state index in [0.29, 0.717) is 33.4 Å². The quantitative estimate of drug-likeness (QED) is 0.666. The van der Waals surface area contributed by atoms with E-state index in [1.807, 2.05) is 12.1 Å². The molecule has 2 aromatic carbocycles. The first kappa shape index (κ1) is 15.9. The molecule has 0 saturated heterocycles. The maximum absolute atomic E-state index is 12.0. The van der Waals surface area contributed by atoms with Gasteiger partial charge in [-0.1, -0.05) is 24.3 Å². The monoisotopic (exact) mass is 328 g/mol. The molecule has 0 aliphatic rings. The first-order chi connectivity index (χ1) is 12.0. The summed E-state index contributed by atoms with van der Waals surface area (Å²) in [5, 5.41) is 28.6. The summed E-state index contributed by atoms with van der Waals surface area (Å²) in [6, 6.07) is 17.2. The lowest BCUT2D eigenvalue weighted by molar-refractivity contribution is 0.454. The van der Waals surface area contributed by atoms with Gasteiger partial charge in [-0.15, -0.1) is 0 Å². The second kappa shape index (κ2) is 6.23. The van der Waals surface area contributed by atoms with Crippen LogP contribution in [0.15, 0.2) is 53.3 Å². The summed E-state index contributed by atoms with van der Waals surface area (Å²) in [5.74, 6) is -0.355. The molecule has 4 N–H and O–H groups in total. The van der Waals surface area contributed by atoms with E-state index < -0.39 is 5.56 Å². The fraction of sp³-hybridized carbons (Fsp3) is 0. The van der Waals surface area contributed by atoms with Crippen molar-refractivity contribution < 1.29 is 5.11 Å². The number of nitrogens with two attached hydrogens (primary N) is 1. The van der Waals surface area contributed by atoms with Crippen LogP contribution in [0.2, 0.25) is 0 Å². The Labute approximate surface area is 143 Å². The van der Waals surface area contributed by atoms with Crippen molar-refractivity contribution in [3.05, 3.63) is 70.0 Å². The van der Waals surface area contributed by atoms with Crippen molar-refractivity contribution in [2.24, 2.45) is 0 Å². The molecule has 0 radical (unpaired) electrons. The van der Waals surface area contributed by atoms with Gasteiger partial charge in [-0.05, 0) is 35.4 Å². The summed E-state index contributed by atoms with van der Waals surface area (Å²) < 4.78 is 0. The second-order valence-corrected chi connectivity index (χ2v) is 5.35. The molecule has 25 heavy (non-hydrogen) atoms. The van der Waals surface area contributed by atoms with Crippen molar-refractivity contribution in [2.75, 3.05) is 5.73 Å². The summed E-state index contributed by atoms with van der Waals surface area (Å²) >= 11 is 0. The van der Waals surface area contributed by atoms with Gasteiger partial charge in [0.1, 0.15) is 5.69 Å². The topological polar surface area (TPSA) is 127 Å². The minimum Gasteiger partial charge on any atom is -0.494 e. The fourth-order valence-corrected chi connectivity index (χ4v) is 2.67. The van der Waals surface area contributed by atoms with Gasteiger partial charge >= 0.3 is 0 Å². The van der Waals surface area contributed by atoms with Crippen LogP contribution >= 0.6 is 0 Å². The second-order valence-electron chi connectivity index (χ2n) is 5.35. The van der Waals surface area contributed by atoms with Crippen molar-refractivity contribution in [1.29, 1.82) is 10.5 Å². The number of nitriles is 2. The van der Waals surface area contributed by atoms with E-state index in [4.69, 9.17) is 16.3 Å². The first-order valence-electron chi connectivity index (χ1n) is 7.31. The molecule has 6 heteroatoms. The van der Waals surface area contributed by atoms with Gasteiger partial charge < -0.3 is 10.8 Å². The van der Waals surface area contributed by atoms with Crippen LogP contribution in [0.3, 0.4) is 0 Å². The van der Waals surface area contributed by atoms with Gasteiger partial charge in [-0.2, -0.15) is 10.5 Å². The van der Waals surface area contributed by atoms with E-state index in [2.05, 4.69) is 4.98 Å². The van der Waals surface area contributed by atoms with E-state index in [1.165, 1.54) is 0 Å². The number of hydrogen-bond donors (Lipinski definition) is 3. The highest BCUT2D eigenvalue weighted by Gasteiger charge is 2.19. The van der Waals surface area contributed by atoms with Crippen LogP contribution < -0.4 is 11.3 Å². The molecule has 0 amide bonds. The third kappa shape index (κ3) is 2.80. The van der Waals surface area contributed by atoms with E-state index >= 15 is 0 Å². The smallest absolute Gasteiger partial charge is 0.274 e. The highest BCUT2D eigenvalue weighted by Crippen LogP contribution is 2.39. The normalized spacial score (nSPS) is 10.0. The number of H-pyrrole nitrogens is 1. The van der Waals surface area contributed by atoms with Gasteiger partial charge in [-0.25, -0.2) is 0 Å². The number of aromatic amines is 1. The van der Waals surface area contributed by atoms with Crippen LogP contribution in [0.4, 0.5) is 5.69 Å². The zero-order valence-electron chi connectivity index (χ0n) is 12.9. The Morgan fingerprint density at radius 3 is 1.96 bits per heavy atom. The maximum atomic E-state index is 12.0. The predicted octanol–water partition coefficient (Wildman–Crippen LogP) is 2.74. The van der Waals surface area contributed by atoms with Crippen molar-refractivity contribution in [3.63, 3.8) is 0 Å². The van der Waals surface area contributed by atoms with Crippen LogP contribution in [0.1, 0.15) is 11.1 Å². The Balaban J connectivity index is 2.40. The number of nitrogens with one attached hydrogen (secondary N) is 1. The predicted molar refractivity (Wildman–Crippen MR) is 93.4 cm³/mol. The van der Waals surface area contributed by atoms with Crippen LogP contribution in [0, 0.1) is 22.7 Å². The first-order valence-corrected chi connectivity index (χ1v) is 7.31. The minimum atomic E-state index is -0.630. The largest absolute Gasteiger partial charge is 0.494 e. The van der Waals surface area contributed by atoms with Crippen LogP contribution in [-0.4, -0.2) is 10.1 Å². The Kier molecular flexibility index (Phi) is 3.95. The number of benzene rings is 2. The molecule has 0 unspecified atom stereocenters. The van der Waals surface area contributed by atoms with Gasteiger partial charge in [0.05, 0.1) is 28.8 Å². The Morgan fingerprint density at radius 1 is 0.920 bits per heavy atom. The maximum Gasteiger partial charge on any atom is 0.274 e. The van der Waals surface area contributed by atoms with E-state index in [-0.39, 0.29) is 11.6 Å². The molecular weight excluding hydrogens is 316 g/mol. The van der Waals surface area contributed by atoms with Crippen molar-refractivity contribution in [1.82, 2.24) is 4.98 Å². The molecule has 0 fully saturated rings. The number of nitrogens with zero attached hydrogens (tertiary/aromatic N) is 2. The molecule has 0 atom stereocenters. The Morgan fingerprint density at radius 2 is 1.44 bits per heavy atom. The lowest BCUT2D eigenvalue weighted by Crippen LogP contribution is -2.14. The van der Waals surface area contributed by atoms with Crippen LogP contribution in [-0.2, 0) is 0 Å². The lowest BCUT2D eigenvalue weighted by Gasteiger charge is -2.14. The summed E-state index contributed by atoms with van der Waals surface area (Å²) in [4.78, 5) is 14.3. The molecular formula is C19H12N4O2. The number of hydrogen-bond acceptors (Lipinski definition) is 5. The number of anilines is 1. The standard InChI is InChI=1S/C19H12N4O2/c20-9-11-3-1-5-13(7-11)15-16(18(24)23-19(25)17(15)22)14-6-2-4-12(8-14)10-21/h1-8H,22H2,(H2,23,24,25). The fourth-order valence-electron chi connectivity index (χ4n) is 2.67. The number of rotatable bonds is 2. The molecule has 6 nitrogen and oxygen atoms in total. The van der Waals surface area contributed by atoms with E-state index in [9.17, 15) is 9.90 Å².